The summed E-state index contributed by atoms with van der Waals surface area (Å²) in [5.74, 6) is -0.262. The molecular weight excluding hydrogens is 152 g/mol. The highest BCUT2D eigenvalue weighted by molar-refractivity contribution is 7.71. The molecule has 0 bridgehead atoms. The maximum Gasteiger partial charge on any atom is 0.210 e. The minimum Gasteiger partial charge on any atom is -0.299 e. The SMILES string of the molecule is O=C1CCCC1C=S(=O)=O. The third kappa shape index (κ3) is 1.67. The standard InChI is InChI=1S/C6H8O3S/c7-6-3-1-2-5(6)4-10(8)9/h4-5H,1-3H2. The van der Waals surface area contributed by atoms with Gasteiger partial charge in [-0.25, -0.2) is 0 Å². The van der Waals surface area contributed by atoms with Crippen molar-refractivity contribution in [2.45, 2.75) is 19.3 Å². The lowest BCUT2D eigenvalue weighted by molar-refractivity contribution is -0.118. The molecule has 0 heterocycles. The predicted molar refractivity (Wildman–Crippen MR) is 37.3 cm³/mol. The van der Waals surface area contributed by atoms with Crippen LogP contribution in [-0.4, -0.2) is 19.6 Å². The molecule has 3 nitrogen and oxygen atoms in total. The zero-order valence-electron chi connectivity index (χ0n) is 5.41. The van der Waals surface area contributed by atoms with E-state index < -0.39 is 10.3 Å². The molecule has 0 amide bonds. The Morgan fingerprint density at radius 3 is 2.60 bits per heavy atom. The van der Waals surface area contributed by atoms with Gasteiger partial charge in [0.25, 0.3) is 0 Å². The average Bonchev–Trinajstić information content (AvgIpc) is 2.15. The van der Waals surface area contributed by atoms with Crippen LogP contribution in [0.5, 0.6) is 0 Å². The highest BCUT2D eigenvalue weighted by Gasteiger charge is 2.22. The van der Waals surface area contributed by atoms with Crippen molar-refractivity contribution in [2.24, 2.45) is 5.92 Å². The molecule has 0 radical (unpaired) electrons. The monoisotopic (exact) mass is 160 g/mol. The van der Waals surface area contributed by atoms with Crippen LogP contribution in [-0.2, 0) is 15.1 Å². The Labute approximate surface area is 60.6 Å². The topological polar surface area (TPSA) is 51.2 Å². The van der Waals surface area contributed by atoms with Crippen LogP contribution in [0.15, 0.2) is 0 Å². The molecule has 1 unspecified atom stereocenters. The fourth-order valence-corrected chi connectivity index (χ4v) is 1.68. The molecule has 0 saturated heterocycles. The lowest BCUT2D eigenvalue weighted by Gasteiger charge is -1.92. The molecule has 10 heavy (non-hydrogen) atoms. The van der Waals surface area contributed by atoms with Crippen LogP contribution >= 0.6 is 0 Å². The van der Waals surface area contributed by atoms with Crippen LogP contribution in [0.1, 0.15) is 19.3 Å². The van der Waals surface area contributed by atoms with Gasteiger partial charge in [0.15, 0.2) is 0 Å². The summed E-state index contributed by atoms with van der Waals surface area (Å²) in [5, 5.41) is 1.09. The summed E-state index contributed by atoms with van der Waals surface area (Å²) in [6, 6.07) is 0. The van der Waals surface area contributed by atoms with Crippen molar-refractivity contribution < 1.29 is 13.2 Å². The Kier molecular flexibility index (Phi) is 2.21. The van der Waals surface area contributed by atoms with Gasteiger partial charge in [-0.05, 0) is 12.8 Å². The molecule has 1 atom stereocenters. The molecule has 1 aliphatic rings. The van der Waals surface area contributed by atoms with E-state index in [9.17, 15) is 13.2 Å². The van der Waals surface area contributed by atoms with Gasteiger partial charge >= 0.3 is 0 Å². The Balaban J connectivity index is 2.75. The molecule has 0 aromatic carbocycles. The third-order valence-electron chi connectivity index (χ3n) is 1.63. The largest absolute Gasteiger partial charge is 0.299 e. The van der Waals surface area contributed by atoms with Gasteiger partial charge in [-0.15, -0.1) is 0 Å². The van der Waals surface area contributed by atoms with Gasteiger partial charge in [0.05, 0.1) is 5.92 Å². The molecule has 1 fully saturated rings. The van der Waals surface area contributed by atoms with Gasteiger partial charge in [-0.3, -0.25) is 4.79 Å². The van der Waals surface area contributed by atoms with E-state index in [2.05, 4.69) is 0 Å². The van der Waals surface area contributed by atoms with Crippen molar-refractivity contribution in [3.63, 3.8) is 0 Å². The van der Waals surface area contributed by atoms with Gasteiger partial charge in [0.2, 0.25) is 10.3 Å². The lowest BCUT2D eigenvalue weighted by atomic mass is 10.1. The van der Waals surface area contributed by atoms with E-state index in [1.54, 1.807) is 0 Å². The first-order valence-corrected chi connectivity index (χ1v) is 4.30. The molecule has 1 aliphatic carbocycles. The van der Waals surface area contributed by atoms with Crippen LogP contribution in [0.2, 0.25) is 0 Å². The fourth-order valence-electron chi connectivity index (χ4n) is 1.12. The van der Waals surface area contributed by atoms with E-state index in [1.807, 2.05) is 0 Å². The Morgan fingerprint density at radius 1 is 1.50 bits per heavy atom. The fraction of sp³-hybridized carbons (Fsp3) is 0.667. The van der Waals surface area contributed by atoms with E-state index in [-0.39, 0.29) is 11.7 Å². The van der Waals surface area contributed by atoms with Gasteiger partial charge in [0.1, 0.15) is 5.78 Å². The van der Waals surface area contributed by atoms with Crippen molar-refractivity contribution in [1.82, 2.24) is 0 Å². The minimum atomic E-state index is -2.17. The molecule has 1 saturated carbocycles. The minimum absolute atomic E-state index is 0.0594. The molecule has 0 spiro atoms. The van der Waals surface area contributed by atoms with Crippen LogP contribution < -0.4 is 0 Å². The van der Waals surface area contributed by atoms with E-state index in [0.717, 1.165) is 11.8 Å². The summed E-state index contributed by atoms with van der Waals surface area (Å²) in [7, 11) is -2.17. The smallest absolute Gasteiger partial charge is 0.210 e. The second kappa shape index (κ2) is 2.96. The number of ketones is 1. The van der Waals surface area contributed by atoms with Crippen LogP contribution in [0.4, 0.5) is 0 Å². The summed E-state index contributed by atoms with van der Waals surface area (Å²) >= 11 is 0. The summed E-state index contributed by atoms with van der Waals surface area (Å²) in [4.78, 5) is 10.8. The summed E-state index contributed by atoms with van der Waals surface area (Å²) in [6.45, 7) is 0. The number of hydrogen-bond donors (Lipinski definition) is 0. The van der Waals surface area contributed by atoms with Crippen LogP contribution in [0.25, 0.3) is 0 Å². The molecule has 56 valence electrons. The predicted octanol–water partition coefficient (Wildman–Crippen LogP) is 0.0369. The third-order valence-corrected chi connectivity index (χ3v) is 2.18. The first-order chi connectivity index (χ1) is 4.70. The Bertz CT molecular complexity index is 255. The Morgan fingerprint density at radius 2 is 2.20 bits per heavy atom. The number of hydrogen-bond acceptors (Lipinski definition) is 3. The van der Waals surface area contributed by atoms with Crippen molar-refractivity contribution in [3.8, 4) is 0 Å². The van der Waals surface area contributed by atoms with Crippen molar-refractivity contribution in [1.29, 1.82) is 0 Å². The van der Waals surface area contributed by atoms with E-state index >= 15 is 0 Å². The normalized spacial score (nSPS) is 24.8. The van der Waals surface area contributed by atoms with Gasteiger partial charge in [-0.2, -0.15) is 8.42 Å². The van der Waals surface area contributed by atoms with E-state index in [1.165, 1.54) is 0 Å². The highest BCUT2D eigenvalue weighted by atomic mass is 32.2. The molecule has 0 aromatic heterocycles. The molecule has 0 N–H and O–H groups in total. The number of carbonyl (C=O) groups excluding carboxylic acids is 1. The highest BCUT2D eigenvalue weighted by Crippen LogP contribution is 2.18. The summed E-state index contributed by atoms with van der Waals surface area (Å²) < 4.78 is 20.2. The number of rotatable bonds is 1. The first-order valence-electron chi connectivity index (χ1n) is 3.16. The molecule has 4 heteroatoms. The zero-order chi connectivity index (χ0) is 7.56. The quantitative estimate of drug-likeness (QED) is 0.509. The molecule has 0 aromatic rings. The molecular formula is C6H8O3S. The summed E-state index contributed by atoms with van der Waals surface area (Å²) in [5.41, 5.74) is 0. The van der Waals surface area contributed by atoms with E-state index in [4.69, 9.17) is 0 Å². The van der Waals surface area contributed by atoms with Crippen molar-refractivity contribution in [2.75, 3.05) is 0 Å². The van der Waals surface area contributed by atoms with Gasteiger partial charge < -0.3 is 0 Å². The van der Waals surface area contributed by atoms with Crippen LogP contribution in [0, 0.1) is 5.92 Å². The average molecular weight is 160 g/mol. The maximum atomic E-state index is 10.8. The first kappa shape index (κ1) is 7.47. The second-order valence-corrected chi connectivity index (χ2v) is 3.15. The number of Topliss-reactive ketones (excluding diaryl/α,β-unsaturated/α-hetero) is 1. The van der Waals surface area contributed by atoms with Crippen LogP contribution in [0.3, 0.4) is 0 Å². The van der Waals surface area contributed by atoms with Gasteiger partial charge in [0, 0.05) is 11.8 Å². The second-order valence-electron chi connectivity index (χ2n) is 2.36. The summed E-state index contributed by atoms with van der Waals surface area (Å²) in [6.07, 6.45) is 2.07. The maximum absolute atomic E-state index is 10.8. The molecule has 1 rings (SSSR count). The van der Waals surface area contributed by atoms with E-state index in [0.29, 0.717) is 12.8 Å². The lowest BCUT2D eigenvalue weighted by Crippen LogP contribution is -2.07. The van der Waals surface area contributed by atoms with Gasteiger partial charge in [-0.1, -0.05) is 0 Å². The van der Waals surface area contributed by atoms with Crippen molar-refractivity contribution in [3.05, 3.63) is 0 Å². The van der Waals surface area contributed by atoms with Crippen molar-refractivity contribution >= 4 is 21.4 Å². The molecule has 0 aliphatic heterocycles. The zero-order valence-corrected chi connectivity index (χ0v) is 6.23. The Hall–Kier alpha value is -0.640. The number of carbonyl (C=O) groups is 1.